The molecular formula is C19H21NO3. The van der Waals surface area contributed by atoms with E-state index in [0.717, 1.165) is 18.4 Å². The summed E-state index contributed by atoms with van der Waals surface area (Å²) in [5.41, 5.74) is -0.0449. The number of amides is 1. The molecule has 1 fully saturated rings. The lowest BCUT2D eigenvalue weighted by Gasteiger charge is -2.34. The topological polar surface area (TPSA) is 49.8 Å². The van der Waals surface area contributed by atoms with Crippen LogP contribution in [0.2, 0.25) is 0 Å². The Bertz CT molecular complexity index is 659. The second-order valence-corrected chi connectivity index (χ2v) is 5.77. The van der Waals surface area contributed by atoms with Gasteiger partial charge in [-0.25, -0.2) is 4.79 Å². The van der Waals surface area contributed by atoms with Crippen LogP contribution in [-0.2, 0) is 10.5 Å². The van der Waals surface area contributed by atoms with Gasteiger partial charge in [0, 0.05) is 12.1 Å². The standard InChI is InChI=1S/C19H21NO3/c1-2-3-14-20-18(21)23-17(15-10-6-4-7-11-15)19(20,22)16-12-8-5-9-13-16/h4-13,17,22H,2-3,14H2,1H3/t17-,19+/m0/s1. The fourth-order valence-electron chi connectivity index (χ4n) is 3.02. The molecule has 1 N–H and O–H groups in total. The Balaban J connectivity index is 2.07. The van der Waals surface area contributed by atoms with E-state index in [-0.39, 0.29) is 0 Å². The van der Waals surface area contributed by atoms with Gasteiger partial charge in [-0.3, -0.25) is 4.90 Å². The van der Waals surface area contributed by atoms with Crippen LogP contribution in [0.5, 0.6) is 0 Å². The zero-order chi connectivity index (χ0) is 16.3. The molecule has 0 spiro atoms. The molecule has 2 aromatic rings. The molecule has 1 aliphatic heterocycles. The third-order valence-corrected chi connectivity index (χ3v) is 4.25. The molecule has 4 nitrogen and oxygen atoms in total. The SMILES string of the molecule is CCCCN1C(=O)O[C@@H](c2ccccc2)[C@]1(O)c1ccccc1. The summed E-state index contributed by atoms with van der Waals surface area (Å²) in [5.74, 6) is 0. The molecule has 1 amide bonds. The maximum Gasteiger partial charge on any atom is 0.413 e. The Morgan fingerprint density at radius 1 is 1.09 bits per heavy atom. The molecular weight excluding hydrogens is 290 g/mol. The Labute approximate surface area is 136 Å². The molecule has 0 bridgehead atoms. The van der Waals surface area contributed by atoms with E-state index in [2.05, 4.69) is 6.92 Å². The van der Waals surface area contributed by atoms with E-state index >= 15 is 0 Å². The molecule has 120 valence electrons. The molecule has 0 saturated carbocycles. The summed E-state index contributed by atoms with van der Waals surface area (Å²) in [4.78, 5) is 13.8. The van der Waals surface area contributed by atoms with Gasteiger partial charge in [0.15, 0.2) is 6.10 Å². The first-order valence-electron chi connectivity index (χ1n) is 7.99. The lowest BCUT2D eigenvalue weighted by atomic mass is 9.91. The minimum atomic E-state index is -1.49. The molecule has 2 aromatic carbocycles. The zero-order valence-electron chi connectivity index (χ0n) is 13.2. The first-order chi connectivity index (χ1) is 11.2. The summed E-state index contributed by atoms with van der Waals surface area (Å²) in [7, 11) is 0. The Hall–Kier alpha value is -2.33. The minimum absolute atomic E-state index is 0.462. The predicted molar refractivity (Wildman–Crippen MR) is 87.6 cm³/mol. The molecule has 2 atom stereocenters. The maximum atomic E-state index is 12.4. The smallest absolute Gasteiger partial charge is 0.413 e. The first kappa shape index (κ1) is 15.6. The van der Waals surface area contributed by atoms with Crippen LogP contribution in [0.25, 0.3) is 0 Å². The van der Waals surface area contributed by atoms with Crippen molar-refractivity contribution in [2.75, 3.05) is 6.54 Å². The van der Waals surface area contributed by atoms with Gasteiger partial charge < -0.3 is 9.84 Å². The lowest BCUT2D eigenvalue weighted by molar-refractivity contribution is -0.110. The van der Waals surface area contributed by atoms with Crippen LogP contribution in [0, 0.1) is 0 Å². The van der Waals surface area contributed by atoms with Crippen LogP contribution in [0.3, 0.4) is 0 Å². The Kier molecular flexibility index (Phi) is 4.35. The molecule has 3 rings (SSSR count). The average molecular weight is 311 g/mol. The normalized spacial score (nSPS) is 23.8. The molecule has 0 radical (unpaired) electrons. The highest BCUT2D eigenvalue weighted by molar-refractivity contribution is 5.72. The van der Waals surface area contributed by atoms with Crippen molar-refractivity contribution in [1.29, 1.82) is 0 Å². The van der Waals surface area contributed by atoms with Crippen LogP contribution in [0.15, 0.2) is 60.7 Å². The number of unbranched alkanes of at least 4 members (excludes halogenated alkanes) is 1. The average Bonchev–Trinajstić information content (AvgIpc) is 2.86. The molecule has 23 heavy (non-hydrogen) atoms. The summed E-state index contributed by atoms with van der Waals surface area (Å²) in [6.45, 7) is 2.52. The van der Waals surface area contributed by atoms with Crippen LogP contribution < -0.4 is 0 Å². The van der Waals surface area contributed by atoms with Gasteiger partial charge in [0.2, 0.25) is 5.72 Å². The highest BCUT2D eigenvalue weighted by Gasteiger charge is 2.55. The second kappa shape index (κ2) is 6.42. The van der Waals surface area contributed by atoms with Crippen molar-refractivity contribution in [2.45, 2.75) is 31.6 Å². The second-order valence-electron chi connectivity index (χ2n) is 5.77. The van der Waals surface area contributed by atoms with Crippen molar-refractivity contribution in [3.63, 3.8) is 0 Å². The summed E-state index contributed by atoms with van der Waals surface area (Å²) >= 11 is 0. The van der Waals surface area contributed by atoms with Gasteiger partial charge in [0.05, 0.1) is 0 Å². The predicted octanol–water partition coefficient (Wildman–Crippen LogP) is 3.83. The van der Waals surface area contributed by atoms with Crippen molar-refractivity contribution in [3.05, 3.63) is 71.8 Å². The van der Waals surface area contributed by atoms with Gasteiger partial charge in [-0.2, -0.15) is 0 Å². The number of benzene rings is 2. The zero-order valence-corrected chi connectivity index (χ0v) is 13.2. The fourth-order valence-corrected chi connectivity index (χ4v) is 3.02. The number of hydrogen-bond donors (Lipinski definition) is 1. The first-order valence-corrected chi connectivity index (χ1v) is 7.99. The molecule has 0 unspecified atom stereocenters. The summed E-state index contributed by atoms with van der Waals surface area (Å²) in [5, 5.41) is 11.5. The summed E-state index contributed by atoms with van der Waals surface area (Å²) in [6, 6.07) is 18.7. The van der Waals surface area contributed by atoms with Gasteiger partial charge >= 0.3 is 6.09 Å². The summed E-state index contributed by atoms with van der Waals surface area (Å²) in [6.07, 6.45) is 0.533. The minimum Gasteiger partial charge on any atom is -0.436 e. The number of rotatable bonds is 5. The molecule has 1 aliphatic rings. The van der Waals surface area contributed by atoms with Crippen molar-refractivity contribution in [1.82, 2.24) is 4.90 Å². The Morgan fingerprint density at radius 3 is 2.30 bits per heavy atom. The highest BCUT2D eigenvalue weighted by atomic mass is 16.6. The maximum absolute atomic E-state index is 12.4. The Morgan fingerprint density at radius 2 is 1.70 bits per heavy atom. The van der Waals surface area contributed by atoms with E-state index in [9.17, 15) is 9.90 Å². The van der Waals surface area contributed by atoms with Gasteiger partial charge in [0.25, 0.3) is 0 Å². The molecule has 4 heteroatoms. The van der Waals surface area contributed by atoms with Crippen LogP contribution in [-0.4, -0.2) is 22.6 Å². The van der Waals surface area contributed by atoms with Gasteiger partial charge in [-0.05, 0) is 12.0 Å². The van der Waals surface area contributed by atoms with E-state index in [0.29, 0.717) is 12.1 Å². The fraction of sp³-hybridized carbons (Fsp3) is 0.316. The lowest BCUT2D eigenvalue weighted by Crippen LogP contribution is -2.46. The van der Waals surface area contributed by atoms with Gasteiger partial charge in [0.1, 0.15) is 0 Å². The molecule has 0 aliphatic carbocycles. The number of ether oxygens (including phenoxy) is 1. The highest BCUT2D eigenvalue weighted by Crippen LogP contribution is 2.46. The largest absolute Gasteiger partial charge is 0.436 e. The van der Waals surface area contributed by atoms with Crippen molar-refractivity contribution < 1.29 is 14.6 Å². The van der Waals surface area contributed by atoms with Crippen molar-refractivity contribution >= 4 is 6.09 Å². The van der Waals surface area contributed by atoms with Crippen molar-refractivity contribution in [3.8, 4) is 0 Å². The van der Waals surface area contributed by atoms with Crippen molar-refractivity contribution in [2.24, 2.45) is 0 Å². The number of carbonyl (C=O) groups excluding carboxylic acids is 1. The molecule has 0 aromatic heterocycles. The monoisotopic (exact) mass is 311 g/mol. The van der Waals surface area contributed by atoms with Crippen LogP contribution in [0.1, 0.15) is 37.0 Å². The van der Waals surface area contributed by atoms with E-state index in [1.54, 1.807) is 0 Å². The van der Waals surface area contributed by atoms with E-state index in [1.165, 1.54) is 4.90 Å². The molecule has 1 heterocycles. The number of nitrogens with zero attached hydrogens (tertiary/aromatic N) is 1. The number of hydrogen-bond acceptors (Lipinski definition) is 3. The molecule has 1 saturated heterocycles. The number of aliphatic hydroxyl groups is 1. The summed E-state index contributed by atoms with van der Waals surface area (Å²) < 4.78 is 5.56. The van der Waals surface area contributed by atoms with Crippen LogP contribution in [0.4, 0.5) is 4.79 Å². The number of cyclic esters (lactones) is 1. The van der Waals surface area contributed by atoms with Gasteiger partial charge in [-0.15, -0.1) is 0 Å². The number of carbonyl (C=O) groups is 1. The van der Waals surface area contributed by atoms with Crippen LogP contribution >= 0.6 is 0 Å². The quantitative estimate of drug-likeness (QED) is 0.913. The van der Waals surface area contributed by atoms with E-state index in [4.69, 9.17) is 4.74 Å². The van der Waals surface area contributed by atoms with Gasteiger partial charge in [-0.1, -0.05) is 74.0 Å². The van der Waals surface area contributed by atoms with E-state index < -0.39 is 17.9 Å². The third kappa shape index (κ3) is 2.70. The third-order valence-electron chi connectivity index (χ3n) is 4.25. The van der Waals surface area contributed by atoms with E-state index in [1.807, 2.05) is 60.7 Å².